The van der Waals surface area contributed by atoms with E-state index < -0.39 is 0 Å². The molecule has 0 unspecified atom stereocenters. The van der Waals surface area contributed by atoms with Gasteiger partial charge in [0.05, 0.1) is 5.56 Å². The fraction of sp³-hybridized carbons (Fsp3) is 0.364. The highest BCUT2D eigenvalue weighted by Crippen LogP contribution is 2.25. The first-order valence-corrected chi connectivity index (χ1v) is 10.0. The van der Waals surface area contributed by atoms with Gasteiger partial charge in [0, 0.05) is 31.2 Å². The summed E-state index contributed by atoms with van der Waals surface area (Å²) in [7, 11) is 0. The number of nitrogens with zero attached hydrogens (tertiary/aromatic N) is 2. The molecule has 3 rings (SSSR count). The monoisotopic (exact) mass is 416 g/mol. The third-order valence-corrected chi connectivity index (χ3v) is 5.27. The van der Waals surface area contributed by atoms with Gasteiger partial charge >= 0.3 is 0 Å². The van der Waals surface area contributed by atoms with E-state index in [1.54, 1.807) is 46.2 Å². The van der Waals surface area contributed by atoms with Gasteiger partial charge in [0.1, 0.15) is 11.5 Å². The molecule has 1 fully saturated rings. The molecule has 1 saturated heterocycles. The molecule has 7 heteroatoms. The maximum Gasteiger partial charge on any atom is 0.260 e. The Hall–Kier alpha value is -2.73. The average molecular weight is 417 g/mol. The van der Waals surface area contributed by atoms with Gasteiger partial charge in [-0.1, -0.05) is 31.5 Å². The van der Waals surface area contributed by atoms with Gasteiger partial charge in [-0.15, -0.1) is 0 Å². The molecule has 1 aliphatic heterocycles. The number of aromatic hydroxyl groups is 1. The van der Waals surface area contributed by atoms with Gasteiger partial charge < -0.3 is 19.6 Å². The Morgan fingerprint density at radius 1 is 1.03 bits per heavy atom. The highest BCUT2D eigenvalue weighted by molar-refractivity contribution is 6.30. The summed E-state index contributed by atoms with van der Waals surface area (Å²) in [6.45, 7) is 5.70. The fourth-order valence-electron chi connectivity index (χ4n) is 3.18. The van der Waals surface area contributed by atoms with E-state index >= 15 is 0 Å². The largest absolute Gasteiger partial charge is 0.507 e. The molecule has 0 atom stereocenters. The molecule has 0 radical (unpaired) electrons. The normalized spacial score (nSPS) is 14.2. The van der Waals surface area contributed by atoms with Crippen molar-refractivity contribution in [2.45, 2.75) is 19.8 Å². The van der Waals surface area contributed by atoms with Crippen molar-refractivity contribution in [2.75, 3.05) is 32.8 Å². The summed E-state index contributed by atoms with van der Waals surface area (Å²) in [5.41, 5.74) is 1.31. The average Bonchev–Trinajstić information content (AvgIpc) is 2.73. The van der Waals surface area contributed by atoms with Gasteiger partial charge in [-0.3, -0.25) is 9.59 Å². The number of hydrogen-bond acceptors (Lipinski definition) is 4. The molecule has 1 N–H and O–H groups in total. The second kappa shape index (κ2) is 9.18. The second-order valence-corrected chi connectivity index (χ2v) is 7.78. The number of piperazine rings is 1. The Bertz CT molecular complexity index is 875. The van der Waals surface area contributed by atoms with Crippen molar-refractivity contribution < 1.29 is 19.4 Å². The molecular formula is C22H25ClN2O4. The van der Waals surface area contributed by atoms with Crippen molar-refractivity contribution >= 4 is 23.4 Å². The number of amides is 2. The molecule has 0 aromatic heterocycles. The van der Waals surface area contributed by atoms with Crippen LogP contribution >= 0.6 is 11.6 Å². The van der Waals surface area contributed by atoms with E-state index in [1.165, 1.54) is 0 Å². The van der Waals surface area contributed by atoms with Crippen LogP contribution in [0.3, 0.4) is 0 Å². The molecule has 0 aliphatic carbocycles. The van der Waals surface area contributed by atoms with Gasteiger partial charge in [0.25, 0.3) is 11.8 Å². The molecule has 29 heavy (non-hydrogen) atoms. The number of hydrogen-bond donors (Lipinski definition) is 1. The van der Waals surface area contributed by atoms with E-state index in [-0.39, 0.29) is 30.1 Å². The summed E-state index contributed by atoms with van der Waals surface area (Å²) in [4.78, 5) is 28.6. The number of halogens is 1. The Balaban J connectivity index is 1.54. The Morgan fingerprint density at radius 2 is 1.66 bits per heavy atom. The number of phenolic OH excluding ortho intramolecular Hbond substituents is 1. The Morgan fingerprint density at radius 3 is 2.28 bits per heavy atom. The second-order valence-electron chi connectivity index (χ2n) is 7.35. The molecule has 0 spiro atoms. The molecular weight excluding hydrogens is 392 g/mol. The standard InChI is InChI=1S/C22H25ClN2O4/c1-15(2)16-3-8-20(26)19(13-16)22(28)25-11-9-24(10-12-25)21(27)14-29-18-6-4-17(23)5-7-18/h3-8,13,15,26H,9-12,14H2,1-2H3. The van der Waals surface area contributed by atoms with Crippen molar-refractivity contribution in [3.05, 3.63) is 58.6 Å². The highest BCUT2D eigenvalue weighted by atomic mass is 35.5. The van der Waals surface area contributed by atoms with E-state index in [4.69, 9.17) is 16.3 Å². The molecule has 2 amide bonds. The summed E-state index contributed by atoms with van der Waals surface area (Å²) in [5, 5.41) is 10.7. The van der Waals surface area contributed by atoms with Crippen molar-refractivity contribution in [3.63, 3.8) is 0 Å². The summed E-state index contributed by atoms with van der Waals surface area (Å²) in [6, 6.07) is 12.0. The lowest BCUT2D eigenvalue weighted by molar-refractivity contribution is -0.134. The SMILES string of the molecule is CC(C)c1ccc(O)c(C(=O)N2CCN(C(=O)COc3ccc(Cl)cc3)CC2)c1. The van der Waals surface area contributed by atoms with Crippen LogP contribution in [0.1, 0.15) is 35.7 Å². The van der Waals surface area contributed by atoms with Gasteiger partial charge in [-0.05, 0) is 47.9 Å². The molecule has 1 aliphatic rings. The number of carbonyl (C=O) groups is 2. The number of rotatable bonds is 5. The van der Waals surface area contributed by atoms with Crippen LogP contribution < -0.4 is 4.74 Å². The van der Waals surface area contributed by atoms with Crippen LogP contribution in [0.15, 0.2) is 42.5 Å². The molecule has 6 nitrogen and oxygen atoms in total. The third-order valence-electron chi connectivity index (χ3n) is 5.01. The Kier molecular flexibility index (Phi) is 6.64. The van der Waals surface area contributed by atoms with E-state index in [9.17, 15) is 14.7 Å². The van der Waals surface area contributed by atoms with Crippen LogP contribution in [0, 0.1) is 0 Å². The maximum atomic E-state index is 12.8. The van der Waals surface area contributed by atoms with Crippen LogP contribution in [-0.4, -0.2) is 59.5 Å². The van der Waals surface area contributed by atoms with Crippen LogP contribution in [0.25, 0.3) is 0 Å². The lowest BCUT2D eigenvalue weighted by Gasteiger charge is -2.35. The molecule has 1 heterocycles. The van der Waals surface area contributed by atoms with E-state index in [0.29, 0.717) is 42.5 Å². The van der Waals surface area contributed by atoms with E-state index in [1.807, 2.05) is 19.9 Å². The minimum Gasteiger partial charge on any atom is -0.507 e. The number of carbonyl (C=O) groups excluding carboxylic acids is 2. The lowest BCUT2D eigenvalue weighted by atomic mass is 9.99. The van der Waals surface area contributed by atoms with Crippen molar-refractivity contribution in [1.82, 2.24) is 9.80 Å². The van der Waals surface area contributed by atoms with Gasteiger partial charge in [-0.2, -0.15) is 0 Å². The molecule has 2 aromatic rings. The summed E-state index contributed by atoms with van der Waals surface area (Å²) >= 11 is 5.83. The van der Waals surface area contributed by atoms with Gasteiger partial charge in [-0.25, -0.2) is 0 Å². The Labute approximate surface area is 175 Å². The topological polar surface area (TPSA) is 70.1 Å². The number of benzene rings is 2. The first-order valence-electron chi connectivity index (χ1n) is 9.63. The highest BCUT2D eigenvalue weighted by Gasteiger charge is 2.26. The first kappa shape index (κ1) is 21.0. The predicted molar refractivity (Wildman–Crippen MR) is 112 cm³/mol. The number of phenols is 1. The lowest BCUT2D eigenvalue weighted by Crippen LogP contribution is -2.51. The van der Waals surface area contributed by atoms with Gasteiger partial charge in [0.15, 0.2) is 6.61 Å². The zero-order chi connectivity index (χ0) is 21.0. The molecule has 0 bridgehead atoms. The van der Waals surface area contributed by atoms with E-state index in [0.717, 1.165) is 5.56 Å². The maximum absolute atomic E-state index is 12.8. The zero-order valence-corrected chi connectivity index (χ0v) is 17.4. The molecule has 2 aromatic carbocycles. The van der Waals surface area contributed by atoms with Gasteiger partial charge in [0.2, 0.25) is 0 Å². The summed E-state index contributed by atoms with van der Waals surface area (Å²) in [5.74, 6) is 0.481. The quantitative estimate of drug-likeness (QED) is 0.809. The van der Waals surface area contributed by atoms with Crippen LogP contribution in [0.4, 0.5) is 0 Å². The smallest absolute Gasteiger partial charge is 0.260 e. The first-order chi connectivity index (χ1) is 13.8. The van der Waals surface area contributed by atoms with Crippen molar-refractivity contribution in [1.29, 1.82) is 0 Å². The van der Waals surface area contributed by atoms with Crippen LogP contribution in [0.2, 0.25) is 5.02 Å². The zero-order valence-electron chi connectivity index (χ0n) is 16.6. The van der Waals surface area contributed by atoms with Crippen LogP contribution in [-0.2, 0) is 4.79 Å². The molecule has 154 valence electrons. The van der Waals surface area contributed by atoms with Crippen molar-refractivity contribution in [2.24, 2.45) is 0 Å². The third kappa shape index (κ3) is 5.21. The predicted octanol–water partition coefficient (Wildman–Crippen LogP) is 3.53. The van der Waals surface area contributed by atoms with E-state index in [2.05, 4.69) is 0 Å². The number of ether oxygens (including phenoxy) is 1. The molecule has 0 saturated carbocycles. The van der Waals surface area contributed by atoms with Crippen LogP contribution in [0.5, 0.6) is 11.5 Å². The minimum atomic E-state index is -0.213. The summed E-state index contributed by atoms with van der Waals surface area (Å²) in [6.07, 6.45) is 0. The fourth-order valence-corrected chi connectivity index (χ4v) is 3.31. The van der Waals surface area contributed by atoms with Crippen molar-refractivity contribution in [3.8, 4) is 11.5 Å². The summed E-state index contributed by atoms with van der Waals surface area (Å²) < 4.78 is 5.51. The minimum absolute atomic E-state index is 0.0192.